The number of ether oxygens (including phenoxy) is 1. The van der Waals surface area contributed by atoms with Crippen LogP contribution in [0.1, 0.15) is 12.0 Å². The highest BCUT2D eigenvalue weighted by molar-refractivity contribution is 7.91. The maximum atomic E-state index is 12.1. The minimum Gasteiger partial charge on any atom is -0.479 e. The summed E-state index contributed by atoms with van der Waals surface area (Å²) >= 11 is 0. The molecule has 0 saturated carbocycles. The summed E-state index contributed by atoms with van der Waals surface area (Å²) in [5, 5.41) is 8.44. The topological polar surface area (TPSA) is 87.5 Å². The van der Waals surface area contributed by atoms with Gasteiger partial charge in [0.2, 0.25) is 5.91 Å². The van der Waals surface area contributed by atoms with Crippen molar-refractivity contribution in [3.8, 4) is 11.8 Å². The molecule has 6 nitrogen and oxygen atoms in total. The normalized spacial score (nSPS) is 19.4. The number of hydrogen-bond donors (Lipinski definition) is 0. The largest absolute Gasteiger partial charge is 0.479 e. The van der Waals surface area contributed by atoms with Gasteiger partial charge in [0.25, 0.3) is 0 Å². The Bertz CT molecular complexity index is 732. The number of nitrogens with zero attached hydrogens (tertiary/aromatic N) is 2. The zero-order valence-electron chi connectivity index (χ0n) is 12.8. The van der Waals surface area contributed by atoms with Crippen molar-refractivity contribution >= 4 is 21.8 Å². The first-order chi connectivity index (χ1) is 10.9. The second-order valence-electron chi connectivity index (χ2n) is 5.36. The summed E-state index contributed by atoms with van der Waals surface area (Å²) in [6.07, 6.45) is 3.58. The zero-order chi connectivity index (χ0) is 16.9. The molecule has 1 fully saturated rings. The summed E-state index contributed by atoms with van der Waals surface area (Å²) in [4.78, 5) is 13.6. The lowest BCUT2D eigenvalue weighted by Gasteiger charge is -2.21. The van der Waals surface area contributed by atoms with Gasteiger partial charge in [-0.1, -0.05) is 12.1 Å². The Labute approximate surface area is 135 Å². The fourth-order valence-corrected chi connectivity index (χ4v) is 4.11. The number of carbonyl (C=O) groups excluding carboxylic acids is 1. The predicted octanol–water partition coefficient (Wildman–Crippen LogP) is 1.25. The quantitative estimate of drug-likeness (QED) is 0.756. The maximum absolute atomic E-state index is 12.1. The highest BCUT2D eigenvalue weighted by atomic mass is 32.2. The molecule has 122 valence electrons. The van der Waals surface area contributed by atoms with Gasteiger partial charge in [0.1, 0.15) is 11.8 Å². The van der Waals surface area contributed by atoms with Gasteiger partial charge in [-0.25, -0.2) is 8.42 Å². The molecule has 0 aliphatic carbocycles. The Hall–Kier alpha value is -2.33. The molecule has 0 radical (unpaired) electrons. The second-order valence-corrected chi connectivity index (χ2v) is 7.58. The standard InChI is InChI=1S/C16H18N2O4S/c1-18(14-8-11-23(20,21)12-14)16(19)7-4-13-2-5-15(6-3-13)22-10-9-17/h2-7,14H,8,10-12H2,1H3/b7-4-/t14-/m0/s1. The summed E-state index contributed by atoms with van der Waals surface area (Å²) in [7, 11) is -1.39. The van der Waals surface area contributed by atoms with Crippen molar-refractivity contribution in [3.63, 3.8) is 0 Å². The van der Waals surface area contributed by atoms with Crippen LogP contribution in [0.2, 0.25) is 0 Å². The van der Waals surface area contributed by atoms with Crippen LogP contribution < -0.4 is 4.74 Å². The van der Waals surface area contributed by atoms with E-state index >= 15 is 0 Å². The molecule has 1 aliphatic rings. The summed E-state index contributed by atoms with van der Waals surface area (Å²) in [5.41, 5.74) is 0.815. The molecule has 1 heterocycles. The highest BCUT2D eigenvalue weighted by Crippen LogP contribution is 2.17. The Morgan fingerprint density at radius 1 is 1.43 bits per heavy atom. The first kappa shape index (κ1) is 17.0. The average molecular weight is 334 g/mol. The Morgan fingerprint density at radius 2 is 2.13 bits per heavy atom. The number of hydrogen-bond acceptors (Lipinski definition) is 5. The second kappa shape index (κ2) is 7.29. The number of rotatable bonds is 5. The van der Waals surface area contributed by atoms with Gasteiger partial charge in [-0.3, -0.25) is 4.79 Å². The van der Waals surface area contributed by atoms with E-state index in [-0.39, 0.29) is 30.1 Å². The van der Waals surface area contributed by atoms with E-state index in [0.717, 1.165) is 5.56 Å². The summed E-state index contributed by atoms with van der Waals surface area (Å²) < 4.78 is 28.1. The third-order valence-corrected chi connectivity index (χ3v) is 5.46. The van der Waals surface area contributed by atoms with E-state index in [4.69, 9.17) is 10.00 Å². The van der Waals surface area contributed by atoms with Crippen molar-refractivity contribution in [2.24, 2.45) is 0 Å². The van der Waals surface area contributed by atoms with Crippen LogP contribution in [-0.2, 0) is 14.6 Å². The van der Waals surface area contributed by atoms with Gasteiger partial charge < -0.3 is 9.64 Å². The molecule has 0 N–H and O–H groups in total. The molecular formula is C16H18N2O4S. The van der Waals surface area contributed by atoms with Gasteiger partial charge in [0, 0.05) is 19.2 Å². The molecule has 23 heavy (non-hydrogen) atoms. The number of sulfone groups is 1. The van der Waals surface area contributed by atoms with Crippen molar-refractivity contribution in [1.82, 2.24) is 4.90 Å². The number of likely N-dealkylation sites (N-methyl/N-ethyl adjacent to an activating group) is 1. The number of carbonyl (C=O) groups is 1. The van der Waals surface area contributed by atoms with Gasteiger partial charge in [0.05, 0.1) is 11.5 Å². The lowest BCUT2D eigenvalue weighted by molar-refractivity contribution is -0.126. The van der Waals surface area contributed by atoms with Crippen LogP contribution in [0, 0.1) is 11.3 Å². The van der Waals surface area contributed by atoms with Crippen LogP contribution >= 0.6 is 0 Å². The lowest BCUT2D eigenvalue weighted by atomic mass is 10.2. The smallest absolute Gasteiger partial charge is 0.246 e. The molecule has 1 aromatic carbocycles. The summed E-state index contributed by atoms with van der Waals surface area (Å²) in [6.45, 7) is -0.0111. The van der Waals surface area contributed by atoms with Crippen molar-refractivity contribution in [1.29, 1.82) is 5.26 Å². The molecule has 1 atom stereocenters. The van der Waals surface area contributed by atoms with Crippen LogP contribution in [0.3, 0.4) is 0 Å². The molecule has 0 aromatic heterocycles. The first-order valence-corrected chi connectivity index (χ1v) is 8.98. The van der Waals surface area contributed by atoms with E-state index in [1.165, 1.54) is 11.0 Å². The molecule has 0 unspecified atom stereocenters. The molecule has 1 amide bonds. The van der Waals surface area contributed by atoms with Gasteiger partial charge in [-0.15, -0.1) is 0 Å². The monoisotopic (exact) mass is 334 g/mol. The fourth-order valence-electron chi connectivity index (χ4n) is 2.34. The van der Waals surface area contributed by atoms with Gasteiger partial charge in [-0.2, -0.15) is 5.26 Å². The van der Waals surface area contributed by atoms with Crippen LogP contribution in [0.4, 0.5) is 0 Å². The van der Waals surface area contributed by atoms with E-state index in [1.807, 2.05) is 6.07 Å². The van der Waals surface area contributed by atoms with Crippen molar-refractivity contribution < 1.29 is 17.9 Å². The molecule has 0 spiro atoms. The minimum absolute atomic E-state index is 0.0111. The van der Waals surface area contributed by atoms with Crippen molar-refractivity contribution in [2.75, 3.05) is 25.2 Å². The number of nitriles is 1. The van der Waals surface area contributed by atoms with Gasteiger partial charge in [-0.05, 0) is 30.2 Å². The molecule has 1 aliphatic heterocycles. The molecule has 1 aromatic rings. The summed E-state index contributed by atoms with van der Waals surface area (Å²) in [6, 6.07) is 8.62. The first-order valence-electron chi connectivity index (χ1n) is 7.16. The Balaban J connectivity index is 1.94. The molecule has 7 heteroatoms. The summed E-state index contributed by atoms with van der Waals surface area (Å²) in [5.74, 6) is 0.539. The molecule has 0 bridgehead atoms. The van der Waals surface area contributed by atoms with Crippen molar-refractivity contribution in [3.05, 3.63) is 35.9 Å². The SMILES string of the molecule is CN(C(=O)/C=C\c1ccc(OCC#N)cc1)[C@H]1CCS(=O)(=O)C1. The van der Waals surface area contributed by atoms with E-state index < -0.39 is 9.84 Å². The fraction of sp³-hybridized carbons (Fsp3) is 0.375. The maximum Gasteiger partial charge on any atom is 0.246 e. The Morgan fingerprint density at radius 3 is 2.70 bits per heavy atom. The van der Waals surface area contributed by atoms with Crippen LogP contribution in [0.25, 0.3) is 6.08 Å². The zero-order valence-corrected chi connectivity index (χ0v) is 13.6. The van der Waals surface area contributed by atoms with Crippen LogP contribution in [0.5, 0.6) is 5.75 Å². The number of benzene rings is 1. The third kappa shape index (κ3) is 4.83. The molecule has 2 rings (SSSR count). The van der Waals surface area contributed by atoms with Crippen molar-refractivity contribution in [2.45, 2.75) is 12.5 Å². The predicted molar refractivity (Wildman–Crippen MR) is 86.4 cm³/mol. The third-order valence-electron chi connectivity index (χ3n) is 3.71. The van der Waals surface area contributed by atoms with Crippen LogP contribution in [-0.4, -0.2) is 50.4 Å². The number of amides is 1. The van der Waals surface area contributed by atoms with E-state index in [1.54, 1.807) is 37.4 Å². The molecule has 1 saturated heterocycles. The van der Waals surface area contributed by atoms with E-state index in [2.05, 4.69) is 0 Å². The lowest BCUT2D eigenvalue weighted by Crippen LogP contribution is -2.36. The minimum atomic E-state index is -3.01. The van der Waals surface area contributed by atoms with E-state index in [0.29, 0.717) is 12.2 Å². The van der Waals surface area contributed by atoms with Crippen LogP contribution in [0.15, 0.2) is 30.3 Å². The highest BCUT2D eigenvalue weighted by Gasteiger charge is 2.31. The van der Waals surface area contributed by atoms with Gasteiger partial charge >= 0.3 is 0 Å². The molecular weight excluding hydrogens is 316 g/mol. The van der Waals surface area contributed by atoms with E-state index in [9.17, 15) is 13.2 Å². The van der Waals surface area contributed by atoms with Gasteiger partial charge in [0.15, 0.2) is 16.4 Å². The Kier molecular flexibility index (Phi) is 5.40. The average Bonchev–Trinajstić information content (AvgIpc) is 2.90.